The molecule has 0 aromatic carbocycles. The molecule has 0 bridgehead atoms. The first-order valence-electron chi connectivity index (χ1n) is 6.12. The van der Waals surface area contributed by atoms with Gasteiger partial charge in [0.2, 0.25) is 0 Å². The van der Waals surface area contributed by atoms with Gasteiger partial charge in [-0.05, 0) is 25.7 Å². The number of aromatic nitrogens is 2. The van der Waals surface area contributed by atoms with Crippen LogP contribution >= 0.6 is 0 Å². The van der Waals surface area contributed by atoms with Crippen molar-refractivity contribution >= 4 is 5.82 Å². The van der Waals surface area contributed by atoms with Gasteiger partial charge in [0.05, 0.1) is 0 Å². The predicted octanol–water partition coefficient (Wildman–Crippen LogP) is 1.36. The van der Waals surface area contributed by atoms with Crippen molar-refractivity contribution in [3.8, 4) is 0 Å². The van der Waals surface area contributed by atoms with E-state index in [-0.39, 0.29) is 0 Å². The maximum absolute atomic E-state index is 5.82. The molecule has 16 heavy (non-hydrogen) atoms. The lowest BCUT2D eigenvalue weighted by molar-refractivity contribution is 0.461. The molecule has 1 saturated heterocycles. The fourth-order valence-corrected chi connectivity index (χ4v) is 2.28. The number of nitrogens with zero attached hydrogens (tertiary/aromatic N) is 3. The lowest BCUT2D eigenvalue weighted by Gasteiger charge is -2.36. The Hall–Kier alpha value is -1.16. The fourth-order valence-electron chi connectivity index (χ4n) is 2.28. The van der Waals surface area contributed by atoms with Crippen LogP contribution in [0.25, 0.3) is 0 Å². The number of nitrogens with two attached hydrogens (primary N) is 1. The average molecular weight is 220 g/mol. The second kappa shape index (κ2) is 5.25. The molecule has 4 nitrogen and oxygen atoms in total. The van der Waals surface area contributed by atoms with Crippen LogP contribution in [0, 0.1) is 0 Å². The van der Waals surface area contributed by atoms with E-state index in [2.05, 4.69) is 27.9 Å². The zero-order valence-corrected chi connectivity index (χ0v) is 9.89. The van der Waals surface area contributed by atoms with Gasteiger partial charge in [0.25, 0.3) is 0 Å². The Balaban J connectivity index is 2.20. The van der Waals surface area contributed by atoms with E-state index in [1.807, 2.05) is 0 Å². The molecular formula is C12H20N4. The molecule has 4 heteroatoms. The summed E-state index contributed by atoms with van der Waals surface area (Å²) >= 11 is 0. The molecule has 0 amide bonds. The number of rotatable bonds is 3. The largest absolute Gasteiger partial charge is 0.352 e. The number of hydrogen-bond donors (Lipinski definition) is 1. The Morgan fingerprint density at radius 3 is 3.06 bits per heavy atom. The van der Waals surface area contributed by atoms with Crippen molar-refractivity contribution in [1.82, 2.24) is 9.97 Å². The van der Waals surface area contributed by atoms with Crippen LogP contribution < -0.4 is 10.6 Å². The van der Waals surface area contributed by atoms with Gasteiger partial charge in [-0.25, -0.2) is 9.97 Å². The Morgan fingerprint density at radius 2 is 2.31 bits per heavy atom. The van der Waals surface area contributed by atoms with Crippen LogP contribution in [0.4, 0.5) is 5.82 Å². The van der Waals surface area contributed by atoms with Crippen LogP contribution in [0.2, 0.25) is 0 Å². The van der Waals surface area contributed by atoms with E-state index >= 15 is 0 Å². The zero-order valence-electron chi connectivity index (χ0n) is 9.89. The smallest absolute Gasteiger partial charge is 0.132 e. The molecule has 1 aliphatic rings. The summed E-state index contributed by atoms with van der Waals surface area (Å²) in [4.78, 5) is 10.9. The first kappa shape index (κ1) is 11.3. The summed E-state index contributed by atoms with van der Waals surface area (Å²) in [7, 11) is 0. The van der Waals surface area contributed by atoms with Gasteiger partial charge < -0.3 is 10.6 Å². The second-order valence-electron chi connectivity index (χ2n) is 4.30. The minimum absolute atomic E-state index is 0.452. The van der Waals surface area contributed by atoms with Crippen molar-refractivity contribution in [2.45, 2.75) is 38.6 Å². The molecule has 1 fully saturated rings. The topological polar surface area (TPSA) is 55.0 Å². The van der Waals surface area contributed by atoms with Crippen molar-refractivity contribution in [2.75, 3.05) is 18.0 Å². The van der Waals surface area contributed by atoms with Crippen LogP contribution in [0.5, 0.6) is 0 Å². The number of aryl methyl sites for hydroxylation is 1. The molecule has 0 spiro atoms. The van der Waals surface area contributed by atoms with Crippen molar-refractivity contribution in [1.29, 1.82) is 0 Å². The highest BCUT2D eigenvalue weighted by molar-refractivity contribution is 5.41. The highest BCUT2D eigenvalue weighted by atomic mass is 15.2. The van der Waals surface area contributed by atoms with E-state index < -0.39 is 0 Å². The zero-order chi connectivity index (χ0) is 11.4. The van der Waals surface area contributed by atoms with Crippen LogP contribution in [0.1, 0.15) is 31.9 Å². The highest BCUT2D eigenvalue weighted by Crippen LogP contribution is 2.22. The van der Waals surface area contributed by atoms with Gasteiger partial charge in [-0.2, -0.15) is 0 Å². The maximum atomic E-state index is 5.82. The molecule has 0 radical (unpaired) electrons. The molecule has 1 atom stereocenters. The third-order valence-corrected chi connectivity index (χ3v) is 3.26. The quantitative estimate of drug-likeness (QED) is 0.835. The van der Waals surface area contributed by atoms with Crippen LogP contribution in [-0.4, -0.2) is 29.1 Å². The first-order chi connectivity index (χ1) is 7.85. The molecule has 1 aliphatic heterocycles. The van der Waals surface area contributed by atoms with Crippen LogP contribution in [0.15, 0.2) is 12.4 Å². The average Bonchev–Trinajstić information content (AvgIpc) is 2.38. The van der Waals surface area contributed by atoms with Gasteiger partial charge in [0.1, 0.15) is 12.1 Å². The Bertz CT molecular complexity index is 340. The lowest BCUT2D eigenvalue weighted by Crippen LogP contribution is -2.44. The summed E-state index contributed by atoms with van der Waals surface area (Å²) in [5, 5.41) is 0. The van der Waals surface area contributed by atoms with Gasteiger partial charge >= 0.3 is 0 Å². The van der Waals surface area contributed by atoms with Crippen molar-refractivity contribution in [2.24, 2.45) is 5.73 Å². The normalized spacial score (nSPS) is 21.1. The SMILES string of the molecule is CCc1cc(N2CCCCC2CN)ncn1. The van der Waals surface area contributed by atoms with Gasteiger partial charge in [-0.15, -0.1) is 0 Å². The van der Waals surface area contributed by atoms with Crippen molar-refractivity contribution in [3.63, 3.8) is 0 Å². The molecule has 1 aromatic rings. The summed E-state index contributed by atoms with van der Waals surface area (Å²) in [6, 6.07) is 2.54. The van der Waals surface area contributed by atoms with Gasteiger partial charge in [-0.1, -0.05) is 6.92 Å². The van der Waals surface area contributed by atoms with Gasteiger partial charge in [0.15, 0.2) is 0 Å². The van der Waals surface area contributed by atoms with Crippen molar-refractivity contribution in [3.05, 3.63) is 18.1 Å². The second-order valence-corrected chi connectivity index (χ2v) is 4.30. The number of piperidine rings is 1. The van der Waals surface area contributed by atoms with E-state index in [9.17, 15) is 0 Å². The standard InChI is InChI=1S/C12H20N4/c1-2-10-7-12(15-9-14-10)16-6-4-3-5-11(16)8-13/h7,9,11H,2-6,8,13H2,1H3. The molecule has 0 saturated carbocycles. The predicted molar refractivity (Wildman–Crippen MR) is 65.4 cm³/mol. The summed E-state index contributed by atoms with van der Waals surface area (Å²) in [5.74, 6) is 1.04. The molecule has 1 unspecified atom stereocenters. The van der Waals surface area contributed by atoms with E-state index in [0.29, 0.717) is 12.6 Å². The monoisotopic (exact) mass is 220 g/mol. The Morgan fingerprint density at radius 1 is 1.44 bits per heavy atom. The minimum Gasteiger partial charge on any atom is -0.352 e. The summed E-state index contributed by atoms with van der Waals surface area (Å²) in [5.41, 5.74) is 6.92. The lowest BCUT2D eigenvalue weighted by atomic mass is 10.0. The van der Waals surface area contributed by atoms with E-state index in [0.717, 1.165) is 24.5 Å². The van der Waals surface area contributed by atoms with Crippen molar-refractivity contribution < 1.29 is 0 Å². The molecule has 2 rings (SSSR count). The summed E-state index contributed by atoms with van der Waals surface area (Å²) in [6.07, 6.45) is 6.32. The minimum atomic E-state index is 0.452. The summed E-state index contributed by atoms with van der Waals surface area (Å²) in [6.45, 7) is 3.90. The molecule has 0 aliphatic carbocycles. The van der Waals surface area contributed by atoms with E-state index in [4.69, 9.17) is 5.73 Å². The fraction of sp³-hybridized carbons (Fsp3) is 0.667. The molecule has 2 N–H and O–H groups in total. The Labute approximate surface area is 96.9 Å². The molecule has 2 heterocycles. The molecule has 1 aromatic heterocycles. The number of hydrogen-bond acceptors (Lipinski definition) is 4. The Kier molecular flexibility index (Phi) is 3.72. The van der Waals surface area contributed by atoms with Crippen LogP contribution in [0.3, 0.4) is 0 Å². The van der Waals surface area contributed by atoms with E-state index in [1.54, 1.807) is 6.33 Å². The number of anilines is 1. The van der Waals surface area contributed by atoms with Gasteiger partial charge in [-0.3, -0.25) is 0 Å². The van der Waals surface area contributed by atoms with E-state index in [1.165, 1.54) is 19.3 Å². The molecular weight excluding hydrogens is 200 g/mol. The summed E-state index contributed by atoms with van der Waals surface area (Å²) < 4.78 is 0. The maximum Gasteiger partial charge on any atom is 0.132 e. The highest BCUT2D eigenvalue weighted by Gasteiger charge is 2.22. The van der Waals surface area contributed by atoms with Crippen LogP contribution in [-0.2, 0) is 6.42 Å². The molecule has 88 valence electrons. The third-order valence-electron chi connectivity index (χ3n) is 3.26. The van der Waals surface area contributed by atoms with Gasteiger partial charge in [0, 0.05) is 30.9 Å². The third kappa shape index (κ3) is 2.32. The first-order valence-corrected chi connectivity index (χ1v) is 6.12.